The maximum Gasteiger partial charge on any atom is 0.491 e. The molecule has 1 amide bonds. The number of halogens is 4. The predicted octanol–water partition coefficient (Wildman–Crippen LogP) is 3.17. The molecular weight excluding hydrogens is 422 g/mol. The molecule has 1 fully saturated rings. The van der Waals surface area contributed by atoms with Crippen molar-refractivity contribution in [3.63, 3.8) is 0 Å². The third kappa shape index (κ3) is 5.13. The molecule has 0 radical (unpaired) electrons. The summed E-state index contributed by atoms with van der Waals surface area (Å²) < 4.78 is 61.5. The molecule has 1 aromatic heterocycles. The van der Waals surface area contributed by atoms with Crippen LogP contribution < -0.4 is 20.3 Å². The molecule has 0 bridgehead atoms. The van der Waals surface area contributed by atoms with Crippen molar-refractivity contribution >= 4 is 23.4 Å². The SMILES string of the molecule is CCNc1ccnc(N(c2cc(F)c(C(=O)NC(O)C3CC3)cc2OC)C(F)(F)F)n1. The largest absolute Gasteiger partial charge is 0.495 e. The van der Waals surface area contributed by atoms with Gasteiger partial charge in [0.25, 0.3) is 5.91 Å². The van der Waals surface area contributed by atoms with Gasteiger partial charge in [-0.2, -0.15) is 4.98 Å². The monoisotopic (exact) mass is 443 g/mol. The zero-order valence-electron chi connectivity index (χ0n) is 16.7. The Bertz CT molecular complexity index is 953. The Morgan fingerprint density at radius 1 is 1.39 bits per heavy atom. The first-order valence-corrected chi connectivity index (χ1v) is 9.46. The lowest BCUT2D eigenvalue weighted by molar-refractivity contribution is -0.121. The van der Waals surface area contributed by atoms with Crippen LogP contribution in [0.2, 0.25) is 0 Å². The Hall–Kier alpha value is -3.15. The van der Waals surface area contributed by atoms with Crippen molar-refractivity contribution < 1.29 is 32.2 Å². The average molecular weight is 443 g/mol. The van der Waals surface area contributed by atoms with Crippen molar-refractivity contribution in [1.29, 1.82) is 0 Å². The number of hydrogen-bond donors (Lipinski definition) is 3. The van der Waals surface area contributed by atoms with E-state index in [1.165, 1.54) is 6.07 Å². The van der Waals surface area contributed by atoms with E-state index in [9.17, 15) is 27.5 Å². The first-order chi connectivity index (χ1) is 14.7. The molecule has 0 aliphatic heterocycles. The maximum atomic E-state index is 14.7. The van der Waals surface area contributed by atoms with Gasteiger partial charge >= 0.3 is 6.30 Å². The van der Waals surface area contributed by atoms with E-state index < -0.39 is 47.2 Å². The number of rotatable bonds is 8. The van der Waals surface area contributed by atoms with Crippen molar-refractivity contribution in [3.8, 4) is 5.75 Å². The van der Waals surface area contributed by atoms with Crippen LogP contribution in [0, 0.1) is 11.7 Å². The van der Waals surface area contributed by atoms with Gasteiger partial charge in [-0.1, -0.05) is 0 Å². The topological polar surface area (TPSA) is 99.6 Å². The van der Waals surface area contributed by atoms with Crippen molar-refractivity contribution in [2.75, 3.05) is 23.9 Å². The van der Waals surface area contributed by atoms with Crippen LogP contribution in [0.4, 0.5) is 35.0 Å². The molecule has 1 aliphatic carbocycles. The molecule has 0 saturated heterocycles. The summed E-state index contributed by atoms with van der Waals surface area (Å²) in [5.74, 6) is -3.35. The maximum absolute atomic E-state index is 14.7. The fourth-order valence-corrected chi connectivity index (χ4v) is 2.89. The first-order valence-electron chi connectivity index (χ1n) is 9.46. The number of ether oxygens (including phenoxy) is 1. The highest BCUT2D eigenvalue weighted by Gasteiger charge is 2.43. The second-order valence-electron chi connectivity index (χ2n) is 6.84. The van der Waals surface area contributed by atoms with Crippen LogP contribution in [0.5, 0.6) is 5.75 Å². The molecule has 3 rings (SSSR count). The van der Waals surface area contributed by atoms with E-state index >= 15 is 0 Å². The number of aliphatic hydroxyl groups excluding tert-OH is 1. The van der Waals surface area contributed by atoms with Crippen molar-refractivity contribution in [2.45, 2.75) is 32.3 Å². The Balaban J connectivity index is 2.02. The quantitative estimate of drug-likeness (QED) is 0.327. The molecule has 1 unspecified atom stereocenters. The first kappa shape index (κ1) is 22.5. The van der Waals surface area contributed by atoms with Crippen molar-refractivity contribution in [2.24, 2.45) is 5.92 Å². The minimum absolute atomic E-state index is 0.116. The number of methoxy groups -OCH3 is 1. The number of nitrogens with one attached hydrogen (secondary N) is 2. The Kier molecular flexibility index (Phi) is 6.48. The average Bonchev–Trinajstić information content (AvgIpc) is 3.53. The van der Waals surface area contributed by atoms with E-state index in [4.69, 9.17) is 4.74 Å². The lowest BCUT2D eigenvalue weighted by atomic mass is 10.1. The number of aliphatic hydroxyl groups is 1. The summed E-state index contributed by atoms with van der Waals surface area (Å²) in [6.07, 6.45) is -3.62. The van der Waals surface area contributed by atoms with Gasteiger partial charge in [0.1, 0.15) is 23.6 Å². The molecule has 1 heterocycles. The summed E-state index contributed by atoms with van der Waals surface area (Å²) in [6, 6.07) is 2.75. The van der Waals surface area contributed by atoms with Gasteiger partial charge in [-0.3, -0.25) is 4.79 Å². The van der Waals surface area contributed by atoms with Gasteiger partial charge in [-0.25, -0.2) is 14.3 Å². The highest BCUT2D eigenvalue weighted by Crippen LogP contribution is 2.41. The zero-order valence-corrected chi connectivity index (χ0v) is 16.7. The van der Waals surface area contributed by atoms with Gasteiger partial charge in [0.05, 0.1) is 18.4 Å². The van der Waals surface area contributed by atoms with Crippen LogP contribution in [0.15, 0.2) is 24.4 Å². The van der Waals surface area contributed by atoms with Crippen LogP contribution in [-0.4, -0.2) is 47.2 Å². The van der Waals surface area contributed by atoms with Crippen molar-refractivity contribution in [1.82, 2.24) is 15.3 Å². The normalized spacial score (nSPS) is 14.7. The standard InChI is InChI=1S/C19H21F4N5O3/c1-3-24-15-6-7-25-18(26-15)28(19(21,22)23)13-9-12(20)11(8-14(13)31-2)17(30)27-16(29)10-4-5-10/h6-10,16,29H,3-5H2,1-2H3,(H,27,30)(H,24,25,26). The fraction of sp³-hybridized carbons (Fsp3) is 0.421. The van der Waals surface area contributed by atoms with Gasteiger partial charge in [-0.05, 0) is 31.9 Å². The van der Waals surface area contributed by atoms with E-state index in [1.54, 1.807) is 6.92 Å². The van der Waals surface area contributed by atoms with Gasteiger partial charge in [-0.15, -0.1) is 13.2 Å². The summed E-state index contributed by atoms with van der Waals surface area (Å²) in [6.45, 7) is 2.16. The number of benzene rings is 1. The third-order valence-electron chi connectivity index (χ3n) is 4.56. The van der Waals surface area contributed by atoms with E-state index in [-0.39, 0.29) is 16.6 Å². The fourth-order valence-electron chi connectivity index (χ4n) is 2.89. The van der Waals surface area contributed by atoms with E-state index in [0.717, 1.165) is 32.2 Å². The molecule has 1 saturated carbocycles. The zero-order chi connectivity index (χ0) is 22.8. The van der Waals surface area contributed by atoms with Crippen LogP contribution in [0.25, 0.3) is 0 Å². The predicted molar refractivity (Wildman–Crippen MR) is 104 cm³/mol. The lowest BCUT2D eigenvalue weighted by Gasteiger charge is -2.27. The molecule has 12 heteroatoms. The molecule has 8 nitrogen and oxygen atoms in total. The lowest BCUT2D eigenvalue weighted by Crippen LogP contribution is -2.37. The summed E-state index contributed by atoms with van der Waals surface area (Å²) >= 11 is 0. The highest BCUT2D eigenvalue weighted by atomic mass is 19.4. The number of carbonyl (C=O) groups excluding carboxylic acids is 1. The molecule has 3 N–H and O–H groups in total. The Morgan fingerprint density at radius 3 is 2.68 bits per heavy atom. The molecule has 1 aromatic carbocycles. The van der Waals surface area contributed by atoms with E-state index in [2.05, 4.69) is 20.6 Å². The van der Waals surface area contributed by atoms with Gasteiger partial charge < -0.3 is 20.5 Å². The highest BCUT2D eigenvalue weighted by molar-refractivity contribution is 5.96. The number of nitrogens with zero attached hydrogens (tertiary/aromatic N) is 3. The number of aromatic nitrogens is 2. The van der Waals surface area contributed by atoms with E-state index in [0.29, 0.717) is 12.6 Å². The molecule has 31 heavy (non-hydrogen) atoms. The van der Waals surface area contributed by atoms with Crippen molar-refractivity contribution in [3.05, 3.63) is 35.8 Å². The van der Waals surface area contributed by atoms with Crippen LogP contribution in [0.3, 0.4) is 0 Å². The summed E-state index contributed by atoms with van der Waals surface area (Å²) in [4.78, 5) is 19.6. The Morgan fingerprint density at radius 2 is 2.10 bits per heavy atom. The number of anilines is 3. The third-order valence-corrected chi connectivity index (χ3v) is 4.56. The molecule has 0 spiro atoms. The second-order valence-corrected chi connectivity index (χ2v) is 6.84. The van der Waals surface area contributed by atoms with Gasteiger partial charge in [0.2, 0.25) is 5.95 Å². The van der Waals surface area contributed by atoms with Crippen LogP contribution in [0.1, 0.15) is 30.1 Å². The minimum atomic E-state index is -5.03. The number of alkyl halides is 3. The second kappa shape index (κ2) is 8.92. The summed E-state index contributed by atoms with van der Waals surface area (Å²) in [5.41, 5.74) is -1.30. The molecule has 168 valence electrons. The molecule has 1 aliphatic rings. The smallest absolute Gasteiger partial charge is 0.491 e. The summed E-state index contributed by atoms with van der Waals surface area (Å²) in [5, 5.41) is 14.9. The number of hydrogen-bond acceptors (Lipinski definition) is 7. The van der Waals surface area contributed by atoms with Gasteiger partial charge in [0.15, 0.2) is 0 Å². The number of carbonyl (C=O) groups is 1. The minimum Gasteiger partial charge on any atom is -0.495 e. The van der Waals surface area contributed by atoms with E-state index in [1.807, 2.05) is 0 Å². The van der Waals surface area contributed by atoms with Gasteiger partial charge in [0, 0.05) is 24.7 Å². The summed E-state index contributed by atoms with van der Waals surface area (Å²) in [7, 11) is 1.09. The molecule has 1 atom stereocenters. The van der Waals surface area contributed by atoms with Crippen LogP contribution >= 0.6 is 0 Å². The Labute approximate surface area is 175 Å². The number of amides is 1. The van der Waals surface area contributed by atoms with Crippen LogP contribution in [-0.2, 0) is 0 Å². The molecular formula is C19H21F4N5O3. The molecule has 2 aromatic rings.